The SMILES string of the molecule is CC(C)CC(C)n1c(C(C)C)nc2cc(N)ccc21. The van der Waals surface area contributed by atoms with Gasteiger partial charge in [0.15, 0.2) is 0 Å². The number of imidazole rings is 1. The number of benzene rings is 1. The molecule has 1 atom stereocenters. The van der Waals surface area contributed by atoms with Crippen LogP contribution in [-0.2, 0) is 0 Å². The zero-order valence-electron chi connectivity index (χ0n) is 12.6. The van der Waals surface area contributed by atoms with Crippen molar-refractivity contribution in [3.8, 4) is 0 Å². The van der Waals surface area contributed by atoms with Gasteiger partial charge in [0, 0.05) is 17.6 Å². The molecule has 0 spiro atoms. The van der Waals surface area contributed by atoms with E-state index < -0.39 is 0 Å². The van der Waals surface area contributed by atoms with Gasteiger partial charge in [-0.2, -0.15) is 0 Å². The van der Waals surface area contributed by atoms with Crippen molar-refractivity contribution in [2.24, 2.45) is 5.92 Å². The number of nitrogens with two attached hydrogens (primary N) is 1. The van der Waals surface area contributed by atoms with Crippen LogP contribution in [0.2, 0.25) is 0 Å². The second-order valence-electron chi connectivity index (χ2n) is 6.22. The van der Waals surface area contributed by atoms with Crippen LogP contribution in [0, 0.1) is 5.92 Å². The summed E-state index contributed by atoms with van der Waals surface area (Å²) in [5.41, 5.74) is 8.86. The maximum absolute atomic E-state index is 5.87. The summed E-state index contributed by atoms with van der Waals surface area (Å²) < 4.78 is 2.39. The van der Waals surface area contributed by atoms with E-state index in [4.69, 9.17) is 10.7 Å². The molecule has 0 aliphatic rings. The Morgan fingerprint density at radius 3 is 2.42 bits per heavy atom. The number of nitrogens with zero attached hydrogens (tertiary/aromatic N) is 2. The molecular weight excluding hydrogens is 234 g/mol. The number of aromatic nitrogens is 2. The maximum atomic E-state index is 5.87. The molecule has 3 heteroatoms. The van der Waals surface area contributed by atoms with Crippen LogP contribution in [0.3, 0.4) is 0 Å². The lowest BCUT2D eigenvalue weighted by molar-refractivity contribution is 0.421. The lowest BCUT2D eigenvalue weighted by Crippen LogP contribution is -2.12. The molecule has 0 aliphatic carbocycles. The molecule has 0 bridgehead atoms. The molecule has 0 amide bonds. The predicted octanol–water partition coefficient (Wildman–Crippen LogP) is 4.35. The van der Waals surface area contributed by atoms with Gasteiger partial charge in [-0.05, 0) is 37.5 Å². The third-order valence-electron chi connectivity index (χ3n) is 3.51. The van der Waals surface area contributed by atoms with E-state index in [1.807, 2.05) is 12.1 Å². The van der Waals surface area contributed by atoms with Gasteiger partial charge < -0.3 is 10.3 Å². The van der Waals surface area contributed by atoms with E-state index in [1.165, 1.54) is 5.52 Å². The second kappa shape index (κ2) is 5.24. The van der Waals surface area contributed by atoms with Gasteiger partial charge in [-0.25, -0.2) is 4.98 Å². The van der Waals surface area contributed by atoms with Crippen molar-refractivity contribution in [1.82, 2.24) is 9.55 Å². The van der Waals surface area contributed by atoms with Crippen LogP contribution < -0.4 is 5.73 Å². The summed E-state index contributed by atoms with van der Waals surface area (Å²) >= 11 is 0. The summed E-state index contributed by atoms with van der Waals surface area (Å²) in [6.45, 7) is 11.2. The molecule has 0 saturated carbocycles. The van der Waals surface area contributed by atoms with Crippen LogP contribution in [-0.4, -0.2) is 9.55 Å². The molecule has 0 saturated heterocycles. The fourth-order valence-electron chi connectivity index (χ4n) is 2.79. The highest BCUT2D eigenvalue weighted by Gasteiger charge is 2.18. The zero-order valence-corrected chi connectivity index (χ0v) is 12.6. The van der Waals surface area contributed by atoms with Crippen molar-refractivity contribution >= 4 is 16.7 Å². The number of rotatable bonds is 4. The zero-order chi connectivity index (χ0) is 14.2. The standard InChI is InChI=1S/C16H25N3/c1-10(2)8-12(5)19-15-7-6-13(17)9-14(15)18-16(19)11(3)4/h6-7,9-12H,8,17H2,1-5H3. The predicted molar refractivity (Wildman–Crippen MR) is 82.4 cm³/mol. The first kappa shape index (κ1) is 13.9. The Kier molecular flexibility index (Phi) is 3.83. The maximum Gasteiger partial charge on any atom is 0.112 e. The normalized spacial score (nSPS) is 13.6. The fraction of sp³-hybridized carbons (Fsp3) is 0.562. The Hall–Kier alpha value is -1.51. The minimum Gasteiger partial charge on any atom is -0.399 e. The van der Waals surface area contributed by atoms with Gasteiger partial charge in [0.05, 0.1) is 11.0 Å². The Balaban J connectivity index is 2.58. The minimum absolute atomic E-state index is 0.420. The third kappa shape index (κ3) is 2.75. The molecule has 19 heavy (non-hydrogen) atoms. The molecule has 0 fully saturated rings. The van der Waals surface area contributed by atoms with E-state index in [9.17, 15) is 0 Å². The van der Waals surface area contributed by atoms with Crippen LogP contribution in [0.15, 0.2) is 18.2 Å². The first-order valence-electron chi connectivity index (χ1n) is 7.17. The van der Waals surface area contributed by atoms with E-state index in [2.05, 4.69) is 45.3 Å². The lowest BCUT2D eigenvalue weighted by Gasteiger charge is -2.21. The monoisotopic (exact) mass is 259 g/mol. The van der Waals surface area contributed by atoms with Crippen LogP contribution in [0.25, 0.3) is 11.0 Å². The highest BCUT2D eigenvalue weighted by molar-refractivity contribution is 5.80. The minimum atomic E-state index is 0.420. The van der Waals surface area contributed by atoms with E-state index in [1.54, 1.807) is 0 Å². The summed E-state index contributed by atoms with van der Waals surface area (Å²) in [6.07, 6.45) is 1.16. The van der Waals surface area contributed by atoms with Gasteiger partial charge in [0.2, 0.25) is 0 Å². The van der Waals surface area contributed by atoms with Crippen molar-refractivity contribution < 1.29 is 0 Å². The number of anilines is 1. The van der Waals surface area contributed by atoms with Gasteiger partial charge in [-0.1, -0.05) is 27.7 Å². The molecular formula is C16H25N3. The Morgan fingerprint density at radius 2 is 1.84 bits per heavy atom. The largest absolute Gasteiger partial charge is 0.399 e. The second-order valence-corrected chi connectivity index (χ2v) is 6.22. The molecule has 104 valence electrons. The summed E-state index contributed by atoms with van der Waals surface area (Å²) in [6, 6.07) is 6.50. The van der Waals surface area contributed by atoms with Crippen molar-refractivity contribution in [2.45, 2.75) is 53.0 Å². The Morgan fingerprint density at radius 1 is 1.16 bits per heavy atom. The summed E-state index contributed by atoms with van der Waals surface area (Å²) in [5.74, 6) is 2.26. The van der Waals surface area contributed by atoms with Crippen molar-refractivity contribution in [3.63, 3.8) is 0 Å². The van der Waals surface area contributed by atoms with Gasteiger partial charge in [-0.3, -0.25) is 0 Å². The van der Waals surface area contributed by atoms with E-state index in [-0.39, 0.29) is 0 Å². The van der Waals surface area contributed by atoms with Gasteiger partial charge in [-0.15, -0.1) is 0 Å². The van der Waals surface area contributed by atoms with E-state index in [0.29, 0.717) is 17.9 Å². The highest BCUT2D eigenvalue weighted by atomic mass is 15.1. The molecule has 0 aliphatic heterocycles. The smallest absolute Gasteiger partial charge is 0.112 e. The molecule has 1 heterocycles. The molecule has 2 N–H and O–H groups in total. The van der Waals surface area contributed by atoms with Crippen LogP contribution in [0.5, 0.6) is 0 Å². The first-order valence-corrected chi connectivity index (χ1v) is 7.17. The fourth-order valence-corrected chi connectivity index (χ4v) is 2.79. The lowest BCUT2D eigenvalue weighted by atomic mass is 10.0. The average Bonchev–Trinajstić information content (AvgIpc) is 2.66. The van der Waals surface area contributed by atoms with Gasteiger partial charge in [0.25, 0.3) is 0 Å². The van der Waals surface area contributed by atoms with Crippen LogP contribution in [0.1, 0.15) is 58.8 Å². The van der Waals surface area contributed by atoms with Gasteiger partial charge in [0.1, 0.15) is 5.82 Å². The number of hydrogen-bond donors (Lipinski definition) is 1. The molecule has 2 rings (SSSR count). The number of hydrogen-bond acceptors (Lipinski definition) is 2. The van der Waals surface area contributed by atoms with Crippen molar-refractivity contribution in [1.29, 1.82) is 0 Å². The molecule has 0 radical (unpaired) electrons. The van der Waals surface area contributed by atoms with Crippen LogP contribution in [0.4, 0.5) is 5.69 Å². The van der Waals surface area contributed by atoms with E-state index >= 15 is 0 Å². The Bertz CT molecular complexity index is 567. The molecule has 1 unspecified atom stereocenters. The topological polar surface area (TPSA) is 43.8 Å². The van der Waals surface area contributed by atoms with E-state index in [0.717, 1.165) is 23.4 Å². The summed E-state index contributed by atoms with van der Waals surface area (Å²) in [4.78, 5) is 4.78. The average molecular weight is 259 g/mol. The molecule has 1 aromatic heterocycles. The first-order chi connectivity index (χ1) is 8.90. The third-order valence-corrected chi connectivity index (χ3v) is 3.51. The number of nitrogen functional groups attached to an aromatic ring is 1. The number of fused-ring (bicyclic) bond motifs is 1. The van der Waals surface area contributed by atoms with Gasteiger partial charge >= 0.3 is 0 Å². The Labute approximate surface area is 115 Å². The van der Waals surface area contributed by atoms with Crippen molar-refractivity contribution in [3.05, 3.63) is 24.0 Å². The van der Waals surface area contributed by atoms with Crippen LogP contribution >= 0.6 is 0 Å². The molecule has 1 aromatic carbocycles. The van der Waals surface area contributed by atoms with Crippen molar-refractivity contribution in [2.75, 3.05) is 5.73 Å². The highest BCUT2D eigenvalue weighted by Crippen LogP contribution is 2.29. The summed E-state index contributed by atoms with van der Waals surface area (Å²) in [7, 11) is 0. The summed E-state index contributed by atoms with van der Waals surface area (Å²) in [5, 5.41) is 0. The molecule has 3 nitrogen and oxygen atoms in total. The molecule has 2 aromatic rings. The quantitative estimate of drug-likeness (QED) is 0.830.